The zero-order valence-electron chi connectivity index (χ0n) is 17.0. The third-order valence-electron chi connectivity index (χ3n) is 5.20. The lowest BCUT2D eigenvalue weighted by Crippen LogP contribution is -2.38. The zero-order valence-corrected chi connectivity index (χ0v) is 17.0. The van der Waals surface area contributed by atoms with E-state index in [2.05, 4.69) is 47.2 Å². The molecule has 0 saturated carbocycles. The Morgan fingerprint density at radius 1 is 1.11 bits per heavy atom. The summed E-state index contributed by atoms with van der Waals surface area (Å²) >= 11 is 0. The molecule has 1 N–H and O–H groups in total. The second kappa shape index (κ2) is 10.6. The molecule has 5 nitrogen and oxygen atoms in total. The number of benzene rings is 2. The average Bonchev–Trinajstić information content (AvgIpc) is 2.71. The Bertz CT molecular complexity index is 737. The average molecular weight is 385 g/mol. The molecule has 1 atom stereocenters. The fourth-order valence-corrected chi connectivity index (χ4v) is 3.64. The quantitative estimate of drug-likeness (QED) is 0.682. The number of aliphatic hydroxyl groups is 1. The van der Waals surface area contributed by atoms with Crippen LogP contribution in [0.2, 0.25) is 0 Å². The first-order chi connectivity index (χ1) is 13.7. The Morgan fingerprint density at radius 2 is 1.86 bits per heavy atom. The maximum absolute atomic E-state index is 10.5. The second-order valence-corrected chi connectivity index (χ2v) is 7.56. The van der Waals surface area contributed by atoms with Crippen LogP contribution in [-0.4, -0.2) is 68.0 Å². The van der Waals surface area contributed by atoms with Crippen LogP contribution in [0.5, 0.6) is 5.75 Å². The molecular weight excluding hydrogens is 352 g/mol. The second-order valence-electron chi connectivity index (χ2n) is 7.56. The molecule has 1 aliphatic rings. The summed E-state index contributed by atoms with van der Waals surface area (Å²) in [6, 6.07) is 16.6. The Balaban J connectivity index is 1.49. The number of ether oxygens (including phenoxy) is 2. The van der Waals surface area contributed by atoms with Gasteiger partial charge in [0.2, 0.25) is 0 Å². The van der Waals surface area contributed by atoms with Crippen LogP contribution in [0, 0.1) is 0 Å². The van der Waals surface area contributed by atoms with Gasteiger partial charge in [0, 0.05) is 45.4 Å². The van der Waals surface area contributed by atoms with Gasteiger partial charge in [-0.1, -0.05) is 42.5 Å². The van der Waals surface area contributed by atoms with Crippen LogP contribution in [0.3, 0.4) is 0 Å². The Morgan fingerprint density at radius 3 is 2.68 bits per heavy atom. The molecule has 0 radical (unpaired) electrons. The number of methoxy groups -OCH3 is 1. The minimum absolute atomic E-state index is 0.303. The summed E-state index contributed by atoms with van der Waals surface area (Å²) in [5, 5.41) is 10.5. The SMILES string of the molecule is COCCN(C)Cc1ccccc1OC[C@H](O)CN1CCc2ccccc2C1. The first-order valence-corrected chi connectivity index (χ1v) is 10.0. The molecule has 0 fully saturated rings. The Labute approximate surface area is 168 Å². The van der Waals surface area contributed by atoms with Gasteiger partial charge in [-0.05, 0) is 30.7 Å². The molecule has 2 aromatic carbocycles. The number of para-hydroxylation sites is 1. The molecule has 0 spiro atoms. The molecular formula is C23H32N2O3. The van der Waals surface area contributed by atoms with Crippen molar-refractivity contribution in [3.8, 4) is 5.75 Å². The van der Waals surface area contributed by atoms with Gasteiger partial charge >= 0.3 is 0 Å². The van der Waals surface area contributed by atoms with E-state index < -0.39 is 6.10 Å². The highest BCUT2D eigenvalue weighted by molar-refractivity contribution is 5.33. The lowest BCUT2D eigenvalue weighted by atomic mass is 10.00. The minimum Gasteiger partial charge on any atom is -0.491 e. The lowest BCUT2D eigenvalue weighted by molar-refractivity contribution is 0.0631. The molecule has 3 rings (SSSR count). The normalized spacial score (nSPS) is 15.4. The monoisotopic (exact) mass is 384 g/mol. The van der Waals surface area contributed by atoms with Gasteiger partial charge in [-0.25, -0.2) is 0 Å². The number of hydrogen-bond acceptors (Lipinski definition) is 5. The molecule has 1 heterocycles. The number of fused-ring (bicyclic) bond motifs is 1. The number of hydrogen-bond donors (Lipinski definition) is 1. The van der Waals surface area contributed by atoms with E-state index in [1.165, 1.54) is 11.1 Å². The minimum atomic E-state index is -0.510. The number of rotatable bonds is 10. The number of β-amino-alcohol motifs (C(OH)–C–C–N with tert-alkyl or cyclic N) is 1. The van der Waals surface area contributed by atoms with Crippen molar-refractivity contribution in [1.29, 1.82) is 0 Å². The molecule has 1 aliphatic heterocycles. The lowest BCUT2D eigenvalue weighted by Gasteiger charge is -2.30. The summed E-state index contributed by atoms with van der Waals surface area (Å²) in [4.78, 5) is 4.51. The van der Waals surface area contributed by atoms with Gasteiger partial charge in [-0.2, -0.15) is 0 Å². The smallest absolute Gasteiger partial charge is 0.123 e. The summed E-state index contributed by atoms with van der Waals surface area (Å²) < 4.78 is 11.1. The van der Waals surface area contributed by atoms with Crippen molar-refractivity contribution < 1.29 is 14.6 Å². The van der Waals surface area contributed by atoms with Gasteiger partial charge < -0.3 is 14.6 Å². The van der Waals surface area contributed by atoms with Crippen LogP contribution < -0.4 is 4.74 Å². The zero-order chi connectivity index (χ0) is 19.8. The van der Waals surface area contributed by atoms with Crippen LogP contribution in [0.4, 0.5) is 0 Å². The number of aliphatic hydroxyl groups excluding tert-OH is 1. The highest BCUT2D eigenvalue weighted by Gasteiger charge is 2.19. The first kappa shape index (κ1) is 20.8. The van der Waals surface area contributed by atoms with E-state index in [4.69, 9.17) is 9.47 Å². The highest BCUT2D eigenvalue weighted by atomic mass is 16.5. The molecule has 0 aliphatic carbocycles. The van der Waals surface area contributed by atoms with E-state index in [1.54, 1.807) is 7.11 Å². The van der Waals surface area contributed by atoms with Gasteiger partial charge in [-0.3, -0.25) is 9.80 Å². The third kappa shape index (κ3) is 6.04. The maximum Gasteiger partial charge on any atom is 0.123 e. The summed E-state index contributed by atoms with van der Waals surface area (Å²) in [6.45, 7) is 5.17. The molecule has 0 aromatic heterocycles. The Kier molecular flexibility index (Phi) is 7.86. The van der Waals surface area contributed by atoms with E-state index in [0.29, 0.717) is 19.8 Å². The van der Waals surface area contributed by atoms with Crippen LogP contribution in [0.25, 0.3) is 0 Å². The van der Waals surface area contributed by atoms with Crippen molar-refractivity contribution in [3.63, 3.8) is 0 Å². The van der Waals surface area contributed by atoms with Crippen LogP contribution >= 0.6 is 0 Å². The van der Waals surface area contributed by atoms with Gasteiger partial charge in [0.15, 0.2) is 0 Å². The topological polar surface area (TPSA) is 45.2 Å². The Hall–Kier alpha value is -1.92. The van der Waals surface area contributed by atoms with Crippen LogP contribution in [0.15, 0.2) is 48.5 Å². The number of nitrogens with zero attached hydrogens (tertiary/aromatic N) is 2. The standard InChI is InChI=1S/C23H32N2O3/c1-24(13-14-27-2)15-21-9-5-6-10-23(21)28-18-22(26)17-25-12-11-19-7-3-4-8-20(19)16-25/h3-10,22,26H,11-18H2,1-2H3/t22-/m1/s1. The maximum atomic E-state index is 10.5. The largest absolute Gasteiger partial charge is 0.491 e. The van der Waals surface area contributed by atoms with Crippen LogP contribution in [-0.2, 0) is 24.2 Å². The van der Waals surface area contributed by atoms with Crippen molar-refractivity contribution >= 4 is 0 Å². The van der Waals surface area contributed by atoms with E-state index in [1.807, 2.05) is 18.2 Å². The van der Waals surface area contributed by atoms with Crippen molar-refractivity contribution in [2.24, 2.45) is 0 Å². The molecule has 28 heavy (non-hydrogen) atoms. The van der Waals surface area contributed by atoms with E-state index in [0.717, 1.165) is 43.9 Å². The van der Waals surface area contributed by atoms with Crippen molar-refractivity contribution in [3.05, 3.63) is 65.2 Å². The van der Waals surface area contributed by atoms with Gasteiger partial charge in [-0.15, -0.1) is 0 Å². The van der Waals surface area contributed by atoms with Gasteiger partial charge in [0.25, 0.3) is 0 Å². The van der Waals surface area contributed by atoms with Gasteiger partial charge in [0.1, 0.15) is 18.5 Å². The molecule has 0 saturated heterocycles. The summed E-state index contributed by atoms with van der Waals surface area (Å²) in [5.41, 5.74) is 3.92. The fraction of sp³-hybridized carbons (Fsp3) is 0.478. The summed E-state index contributed by atoms with van der Waals surface area (Å²) in [6.07, 6.45) is 0.532. The van der Waals surface area contributed by atoms with Crippen molar-refractivity contribution in [2.45, 2.75) is 25.6 Å². The highest BCUT2D eigenvalue weighted by Crippen LogP contribution is 2.21. The molecule has 152 valence electrons. The summed E-state index contributed by atoms with van der Waals surface area (Å²) in [5.74, 6) is 0.842. The summed E-state index contributed by atoms with van der Waals surface area (Å²) in [7, 11) is 3.78. The van der Waals surface area contributed by atoms with E-state index in [9.17, 15) is 5.11 Å². The molecule has 0 unspecified atom stereocenters. The molecule has 5 heteroatoms. The van der Waals surface area contributed by atoms with Crippen molar-refractivity contribution in [1.82, 2.24) is 9.80 Å². The van der Waals surface area contributed by atoms with E-state index >= 15 is 0 Å². The van der Waals surface area contributed by atoms with Crippen LogP contribution in [0.1, 0.15) is 16.7 Å². The molecule has 0 amide bonds. The molecule has 0 bridgehead atoms. The molecule has 2 aromatic rings. The van der Waals surface area contributed by atoms with Crippen molar-refractivity contribution in [2.75, 3.05) is 47.0 Å². The third-order valence-corrected chi connectivity index (χ3v) is 5.20. The van der Waals surface area contributed by atoms with E-state index in [-0.39, 0.29) is 0 Å². The fourth-order valence-electron chi connectivity index (χ4n) is 3.64. The van der Waals surface area contributed by atoms with Gasteiger partial charge in [0.05, 0.1) is 6.61 Å². The predicted octanol–water partition coefficient (Wildman–Crippen LogP) is 2.56. The number of likely N-dealkylation sites (N-methyl/N-ethyl adjacent to an activating group) is 1. The predicted molar refractivity (Wildman–Crippen MR) is 112 cm³/mol. The first-order valence-electron chi connectivity index (χ1n) is 10.0.